The third kappa shape index (κ3) is 5.06. The standard InChI is InChI=1S/C24H22ClFN4O2/c25-21-8-2-1-7-20(21)23(31)28-19-9-10-22(27-16-19)29-11-4-12-30(14-13-29)24(32)17-5-3-6-18(26)15-17/h1-3,5-10,15-16H,4,11-14H2,(H,28,31). The van der Waals surface area contributed by atoms with Crippen LogP contribution < -0.4 is 10.2 Å². The highest BCUT2D eigenvalue weighted by Crippen LogP contribution is 2.20. The molecule has 1 fully saturated rings. The third-order valence-electron chi connectivity index (χ3n) is 5.30. The second-order valence-electron chi connectivity index (χ2n) is 7.48. The van der Waals surface area contributed by atoms with Crippen molar-refractivity contribution in [2.45, 2.75) is 6.42 Å². The van der Waals surface area contributed by atoms with Gasteiger partial charge in [-0.2, -0.15) is 0 Å². The van der Waals surface area contributed by atoms with E-state index in [9.17, 15) is 14.0 Å². The van der Waals surface area contributed by atoms with Crippen molar-refractivity contribution in [3.63, 3.8) is 0 Å². The molecule has 0 unspecified atom stereocenters. The Morgan fingerprint density at radius 3 is 2.56 bits per heavy atom. The van der Waals surface area contributed by atoms with Crippen LogP contribution in [0.5, 0.6) is 0 Å². The molecule has 1 aliphatic rings. The molecule has 0 atom stereocenters. The first-order chi connectivity index (χ1) is 15.5. The number of aromatic nitrogens is 1. The molecule has 0 radical (unpaired) electrons. The van der Waals surface area contributed by atoms with Crippen LogP contribution in [-0.4, -0.2) is 47.9 Å². The summed E-state index contributed by atoms with van der Waals surface area (Å²) < 4.78 is 13.5. The van der Waals surface area contributed by atoms with E-state index in [0.29, 0.717) is 41.5 Å². The summed E-state index contributed by atoms with van der Waals surface area (Å²) in [4.78, 5) is 33.4. The van der Waals surface area contributed by atoms with Gasteiger partial charge in [-0.15, -0.1) is 0 Å². The minimum absolute atomic E-state index is 0.169. The molecule has 164 valence electrons. The molecular weight excluding hydrogens is 431 g/mol. The summed E-state index contributed by atoms with van der Waals surface area (Å²) in [6.07, 6.45) is 2.37. The molecular formula is C24H22ClFN4O2. The van der Waals surface area contributed by atoms with Gasteiger partial charge < -0.3 is 15.1 Å². The first-order valence-electron chi connectivity index (χ1n) is 10.3. The summed E-state index contributed by atoms with van der Waals surface area (Å²) >= 11 is 6.08. The van der Waals surface area contributed by atoms with Gasteiger partial charge in [0.25, 0.3) is 11.8 Å². The predicted octanol–water partition coefficient (Wildman–Crippen LogP) is 4.48. The van der Waals surface area contributed by atoms with Crippen molar-refractivity contribution in [3.8, 4) is 0 Å². The van der Waals surface area contributed by atoms with Crippen molar-refractivity contribution < 1.29 is 14.0 Å². The first kappa shape index (κ1) is 21.8. The number of halogens is 2. The van der Waals surface area contributed by atoms with Crippen LogP contribution in [0.1, 0.15) is 27.1 Å². The third-order valence-corrected chi connectivity index (χ3v) is 5.63. The van der Waals surface area contributed by atoms with Gasteiger partial charge in [0.15, 0.2) is 0 Å². The zero-order valence-corrected chi connectivity index (χ0v) is 18.1. The molecule has 8 heteroatoms. The fourth-order valence-corrected chi connectivity index (χ4v) is 3.87. The van der Waals surface area contributed by atoms with Crippen LogP contribution in [0.2, 0.25) is 5.02 Å². The number of rotatable bonds is 4. The van der Waals surface area contributed by atoms with Crippen molar-refractivity contribution in [2.24, 2.45) is 0 Å². The van der Waals surface area contributed by atoms with E-state index in [1.807, 2.05) is 6.07 Å². The van der Waals surface area contributed by atoms with E-state index < -0.39 is 5.82 Å². The lowest BCUT2D eigenvalue weighted by molar-refractivity contribution is 0.0766. The summed E-state index contributed by atoms with van der Waals surface area (Å²) in [7, 11) is 0. The number of hydrogen-bond donors (Lipinski definition) is 1. The summed E-state index contributed by atoms with van der Waals surface area (Å²) in [5.74, 6) is -0.123. The normalized spacial score (nSPS) is 14.1. The Balaban J connectivity index is 1.38. The number of nitrogens with one attached hydrogen (secondary N) is 1. The summed E-state index contributed by atoms with van der Waals surface area (Å²) in [6.45, 7) is 2.46. The van der Waals surface area contributed by atoms with E-state index >= 15 is 0 Å². The number of nitrogens with zero attached hydrogens (tertiary/aromatic N) is 3. The second kappa shape index (κ2) is 9.78. The molecule has 1 aromatic heterocycles. The lowest BCUT2D eigenvalue weighted by Gasteiger charge is -2.23. The van der Waals surface area contributed by atoms with Gasteiger partial charge in [0.05, 0.1) is 22.5 Å². The minimum Gasteiger partial charge on any atom is -0.355 e. The summed E-state index contributed by atoms with van der Waals surface area (Å²) in [5, 5.41) is 3.18. The Kier molecular flexibility index (Phi) is 6.66. The van der Waals surface area contributed by atoms with E-state index in [-0.39, 0.29) is 11.8 Å². The van der Waals surface area contributed by atoms with Gasteiger partial charge in [0.1, 0.15) is 11.6 Å². The maximum Gasteiger partial charge on any atom is 0.257 e. The lowest BCUT2D eigenvalue weighted by Crippen LogP contribution is -2.35. The van der Waals surface area contributed by atoms with Crippen molar-refractivity contribution in [1.29, 1.82) is 0 Å². The fraction of sp³-hybridized carbons (Fsp3) is 0.208. The number of amides is 2. The Bertz CT molecular complexity index is 1120. The zero-order chi connectivity index (χ0) is 22.5. The van der Waals surface area contributed by atoms with Crippen molar-refractivity contribution in [2.75, 3.05) is 36.4 Å². The molecule has 2 amide bonds. The smallest absolute Gasteiger partial charge is 0.257 e. The molecule has 0 saturated carbocycles. The quantitative estimate of drug-likeness (QED) is 0.634. The van der Waals surface area contributed by atoms with Gasteiger partial charge in [0.2, 0.25) is 0 Å². The average Bonchev–Trinajstić information content (AvgIpc) is 3.06. The van der Waals surface area contributed by atoms with E-state index in [4.69, 9.17) is 11.6 Å². The van der Waals surface area contributed by atoms with Crippen LogP contribution in [0.25, 0.3) is 0 Å². The van der Waals surface area contributed by atoms with Crippen LogP contribution in [0.3, 0.4) is 0 Å². The van der Waals surface area contributed by atoms with Gasteiger partial charge in [-0.25, -0.2) is 9.37 Å². The lowest BCUT2D eigenvalue weighted by atomic mass is 10.2. The highest BCUT2D eigenvalue weighted by molar-refractivity contribution is 6.34. The van der Waals surface area contributed by atoms with Crippen LogP contribution in [-0.2, 0) is 0 Å². The molecule has 4 rings (SSSR count). The molecule has 2 heterocycles. The molecule has 32 heavy (non-hydrogen) atoms. The van der Waals surface area contributed by atoms with E-state index in [0.717, 1.165) is 18.8 Å². The molecule has 2 aromatic carbocycles. The highest BCUT2D eigenvalue weighted by atomic mass is 35.5. The molecule has 6 nitrogen and oxygen atoms in total. The van der Waals surface area contributed by atoms with Crippen molar-refractivity contribution in [3.05, 3.63) is 88.8 Å². The van der Waals surface area contributed by atoms with Gasteiger partial charge in [-0.3, -0.25) is 9.59 Å². The van der Waals surface area contributed by atoms with Gasteiger partial charge in [-0.05, 0) is 48.9 Å². The largest absolute Gasteiger partial charge is 0.355 e. The monoisotopic (exact) mass is 452 g/mol. The van der Waals surface area contributed by atoms with Crippen molar-refractivity contribution in [1.82, 2.24) is 9.88 Å². The van der Waals surface area contributed by atoms with E-state index in [2.05, 4.69) is 15.2 Å². The molecule has 1 aliphatic heterocycles. The molecule has 0 spiro atoms. The van der Waals surface area contributed by atoms with Crippen LogP contribution >= 0.6 is 11.6 Å². The fourth-order valence-electron chi connectivity index (χ4n) is 3.64. The van der Waals surface area contributed by atoms with Crippen molar-refractivity contribution >= 4 is 34.9 Å². The Morgan fingerprint density at radius 2 is 1.81 bits per heavy atom. The average molecular weight is 453 g/mol. The molecule has 1 N–H and O–H groups in total. The number of hydrogen-bond acceptors (Lipinski definition) is 4. The van der Waals surface area contributed by atoms with Gasteiger partial charge >= 0.3 is 0 Å². The molecule has 0 bridgehead atoms. The minimum atomic E-state index is -0.418. The van der Waals surface area contributed by atoms with E-state index in [1.54, 1.807) is 53.6 Å². The number of benzene rings is 2. The number of anilines is 2. The van der Waals surface area contributed by atoms with E-state index in [1.165, 1.54) is 12.1 Å². The van der Waals surface area contributed by atoms with Crippen LogP contribution in [0.4, 0.5) is 15.9 Å². The molecule has 3 aromatic rings. The van der Waals surface area contributed by atoms with Crippen LogP contribution in [0.15, 0.2) is 66.9 Å². The maximum atomic E-state index is 13.5. The first-order valence-corrected chi connectivity index (χ1v) is 10.7. The van der Waals surface area contributed by atoms with Crippen LogP contribution in [0, 0.1) is 5.82 Å². The molecule has 1 saturated heterocycles. The van der Waals surface area contributed by atoms with Gasteiger partial charge in [-0.1, -0.05) is 29.8 Å². The highest BCUT2D eigenvalue weighted by Gasteiger charge is 2.21. The summed E-state index contributed by atoms with van der Waals surface area (Å²) in [6, 6.07) is 16.2. The Labute approximate surface area is 190 Å². The number of pyridine rings is 1. The molecule has 0 aliphatic carbocycles. The zero-order valence-electron chi connectivity index (χ0n) is 17.3. The Morgan fingerprint density at radius 1 is 0.969 bits per heavy atom. The summed E-state index contributed by atoms with van der Waals surface area (Å²) in [5.41, 5.74) is 1.32. The topological polar surface area (TPSA) is 65.5 Å². The Hall–Kier alpha value is -3.45. The maximum absolute atomic E-state index is 13.5. The van der Waals surface area contributed by atoms with Gasteiger partial charge in [0, 0.05) is 31.7 Å². The number of carbonyl (C=O) groups excluding carboxylic acids is 2. The predicted molar refractivity (Wildman–Crippen MR) is 123 cm³/mol. The second-order valence-corrected chi connectivity index (χ2v) is 7.89. The SMILES string of the molecule is O=C(Nc1ccc(N2CCCN(C(=O)c3cccc(F)c3)CC2)nc1)c1ccccc1Cl. The number of carbonyl (C=O) groups is 2.